The van der Waals surface area contributed by atoms with E-state index in [0.717, 1.165) is 6.07 Å². The first-order valence-corrected chi connectivity index (χ1v) is 6.40. The van der Waals surface area contributed by atoms with E-state index in [0.29, 0.717) is 0 Å². The molecule has 0 unspecified atom stereocenters. The van der Waals surface area contributed by atoms with Gasteiger partial charge in [-0.1, -0.05) is 23.2 Å². The maximum atomic E-state index is 13.0. The molecular formula is C7H4Cl3FO2S. The summed E-state index contributed by atoms with van der Waals surface area (Å²) in [6, 6.07) is 0.859. The van der Waals surface area contributed by atoms with Gasteiger partial charge in [-0.3, -0.25) is 0 Å². The predicted molar refractivity (Wildman–Crippen MR) is 54.2 cm³/mol. The van der Waals surface area contributed by atoms with Crippen LogP contribution in [0.15, 0.2) is 11.0 Å². The topological polar surface area (TPSA) is 34.1 Å². The first kappa shape index (κ1) is 12.0. The Kier molecular flexibility index (Phi) is 3.31. The van der Waals surface area contributed by atoms with Crippen LogP contribution in [0.1, 0.15) is 5.56 Å². The van der Waals surface area contributed by atoms with Crippen LogP contribution in [0.5, 0.6) is 0 Å². The highest BCUT2D eigenvalue weighted by molar-refractivity contribution is 8.14. The van der Waals surface area contributed by atoms with E-state index in [9.17, 15) is 12.8 Å². The van der Waals surface area contributed by atoms with Crippen molar-refractivity contribution in [2.45, 2.75) is 11.8 Å². The van der Waals surface area contributed by atoms with Gasteiger partial charge in [0.1, 0.15) is 10.7 Å². The van der Waals surface area contributed by atoms with E-state index in [1.54, 1.807) is 0 Å². The van der Waals surface area contributed by atoms with Gasteiger partial charge in [0.2, 0.25) is 0 Å². The second kappa shape index (κ2) is 3.85. The summed E-state index contributed by atoms with van der Waals surface area (Å²) in [6.45, 7) is 1.33. The molecular weight excluding hydrogens is 273 g/mol. The molecule has 0 aliphatic heterocycles. The average molecular weight is 278 g/mol. The lowest BCUT2D eigenvalue weighted by molar-refractivity contribution is 0.605. The average Bonchev–Trinajstić information content (AvgIpc) is 1.97. The summed E-state index contributed by atoms with van der Waals surface area (Å²) in [7, 11) is 1.01. The lowest BCUT2D eigenvalue weighted by Gasteiger charge is -2.06. The normalized spacial score (nSPS) is 11.8. The Bertz CT molecular complexity index is 484. The molecule has 1 rings (SSSR count). The fourth-order valence-corrected chi connectivity index (χ4v) is 3.31. The van der Waals surface area contributed by atoms with Crippen molar-refractivity contribution < 1.29 is 12.8 Å². The molecule has 0 radical (unpaired) electrons. The van der Waals surface area contributed by atoms with Gasteiger partial charge >= 0.3 is 0 Å². The molecule has 0 bridgehead atoms. The van der Waals surface area contributed by atoms with Crippen molar-refractivity contribution in [1.29, 1.82) is 0 Å². The van der Waals surface area contributed by atoms with E-state index in [1.165, 1.54) is 6.92 Å². The summed E-state index contributed by atoms with van der Waals surface area (Å²) in [6.07, 6.45) is 0. The predicted octanol–water partition coefficient (Wildman–Crippen LogP) is 3.37. The molecule has 0 amide bonds. The van der Waals surface area contributed by atoms with Crippen molar-refractivity contribution in [3.8, 4) is 0 Å². The molecule has 0 fully saturated rings. The molecule has 0 aliphatic rings. The van der Waals surface area contributed by atoms with Gasteiger partial charge < -0.3 is 0 Å². The number of benzene rings is 1. The Morgan fingerprint density at radius 1 is 1.36 bits per heavy atom. The van der Waals surface area contributed by atoms with Gasteiger partial charge in [-0.2, -0.15) is 0 Å². The van der Waals surface area contributed by atoms with Crippen LogP contribution in [-0.4, -0.2) is 8.42 Å². The third-order valence-electron chi connectivity index (χ3n) is 1.60. The monoisotopic (exact) mass is 276 g/mol. The second-order valence-corrected chi connectivity index (χ2v) is 5.83. The van der Waals surface area contributed by atoms with Crippen LogP contribution in [0.4, 0.5) is 4.39 Å². The van der Waals surface area contributed by atoms with E-state index < -0.39 is 19.8 Å². The van der Waals surface area contributed by atoms with Crippen LogP contribution in [0.25, 0.3) is 0 Å². The van der Waals surface area contributed by atoms with E-state index in [-0.39, 0.29) is 15.6 Å². The molecule has 0 heterocycles. The molecule has 1 aromatic rings. The Morgan fingerprint density at radius 2 is 1.86 bits per heavy atom. The largest absolute Gasteiger partial charge is 0.264 e. The summed E-state index contributed by atoms with van der Waals surface area (Å²) < 4.78 is 35.0. The highest BCUT2D eigenvalue weighted by Gasteiger charge is 2.22. The van der Waals surface area contributed by atoms with Crippen LogP contribution in [0.2, 0.25) is 10.0 Å². The lowest BCUT2D eigenvalue weighted by Crippen LogP contribution is -1.97. The number of hydrogen-bond acceptors (Lipinski definition) is 2. The van der Waals surface area contributed by atoms with Gasteiger partial charge in [0, 0.05) is 16.2 Å². The van der Waals surface area contributed by atoms with Gasteiger partial charge in [0.15, 0.2) is 0 Å². The Labute approximate surface area is 95.0 Å². The third kappa shape index (κ3) is 2.14. The zero-order valence-corrected chi connectivity index (χ0v) is 9.90. The lowest BCUT2D eigenvalue weighted by atomic mass is 10.2. The molecule has 1 aromatic carbocycles. The molecule has 2 nitrogen and oxygen atoms in total. The standard InChI is InChI=1S/C7H4Cl3FO2S/c1-3-5(11)2-4(8)7(6(3)9)14(10,12)13/h2H,1H3. The molecule has 7 heteroatoms. The van der Waals surface area contributed by atoms with E-state index in [4.69, 9.17) is 33.9 Å². The molecule has 14 heavy (non-hydrogen) atoms. The van der Waals surface area contributed by atoms with Crippen LogP contribution in [0, 0.1) is 12.7 Å². The molecule has 0 aromatic heterocycles. The van der Waals surface area contributed by atoms with E-state index >= 15 is 0 Å². The van der Waals surface area contributed by atoms with Crippen molar-refractivity contribution in [3.63, 3.8) is 0 Å². The van der Waals surface area contributed by atoms with Gasteiger partial charge in [-0.15, -0.1) is 0 Å². The van der Waals surface area contributed by atoms with Crippen LogP contribution < -0.4 is 0 Å². The van der Waals surface area contributed by atoms with Crippen molar-refractivity contribution in [1.82, 2.24) is 0 Å². The van der Waals surface area contributed by atoms with Gasteiger partial charge in [-0.05, 0) is 13.0 Å². The molecule has 0 aliphatic carbocycles. The maximum absolute atomic E-state index is 13.0. The summed E-state index contributed by atoms with van der Waals surface area (Å²) in [5.74, 6) is -0.677. The zero-order chi connectivity index (χ0) is 11.1. The molecule has 78 valence electrons. The maximum Gasteiger partial charge on any atom is 0.264 e. The Balaban J connectivity index is 3.70. The van der Waals surface area contributed by atoms with Gasteiger partial charge in [0.05, 0.1) is 10.0 Å². The highest BCUT2D eigenvalue weighted by Crippen LogP contribution is 2.35. The number of halogens is 4. The minimum Gasteiger partial charge on any atom is -0.207 e. The van der Waals surface area contributed by atoms with Crippen molar-refractivity contribution in [2.75, 3.05) is 0 Å². The Hall–Kier alpha value is -0.0300. The molecule has 0 N–H and O–H groups in total. The third-order valence-corrected chi connectivity index (χ3v) is 3.97. The minimum absolute atomic E-state index is 0.00436. The fourth-order valence-electron chi connectivity index (χ4n) is 0.889. The Morgan fingerprint density at radius 3 is 2.29 bits per heavy atom. The first-order valence-electron chi connectivity index (χ1n) is 3.34. The molecule has 0 saturated heterocycles. The van der Waals surface area contributed by atoms with Crippen LogP contribution in [0.3, 0.4) is 0 Å². The zero-order valence-electron chi connectivity index (χ0n) is 6.81. The number of rotatable bonds is 1. The SMILES string of the molecule is Cc1c(F)cc(Cl)c(S(=O)(=O)Cl)c1Cl. The molecule has 0 spiro atoms. The highest BCUT2D eigenvalue weighted by atomic mass is 35.7. The first-order chi connectivity index (χ1) is 6.25. The molecule has 0 atom stereocenters. The summed E-state index contributed by atoms with van der Waals surface area (Å²) in [5, 5.41) is -0.613. The second-order valence-electron chi connectivity index (χ2n) is 2.55. The fraction of sp³-hybridized carbons (Fsp3) is 0.143. The van der Waals surface area contributed by atoms with E-state index in [1.807, 2.05) is 0 Å². The summed E-state index contributed by atoms with van der Waals surface area (Å²) >= 11 is 11.1. The van der Waals surface area contributed by atoms with E-state index in [2.05, 4.69) is 0 Å². The molecule has 0 saturated carbocycles. The summed E-state index contributed by atoms with van der Waals surface area (Å²) in [5.41, 5.74) is -0.00436. The van der Waals surface area contributed by atoms with Crippen molar-refractivity contribution >= 4 is 42.9 Å². The van der Waals surface area contributed by atoms with Gasteiger partial charge in [0.25, 0.3) is 9.05 Å². The quantitative estimate of drug-likeness (QED) is 0.738. The smallest absolute Gasteiger partial charge is 0.207 e. The van der Waals surface area contributed by atoms with Crippen molar-refractivity contribution in [2.24, 2.45) is 0 Å². The number of hydrogen-bond donors (Lipinski definition) is 0. The van der Waals surface area contributed by atoms with Crippen LogP contribution >= 0.6 is 33.9 Å². The summed E-state index contributed by atoms with van der Waals surface area (Å²) in [4.78, 5) is -0.457. The van der Waals surface area contributed by atoms with Crippen molar-refractivity contribution in [3.05, 3.63) is 27.5 Å². The van der Waals surface area contributed by atoms with Gasteiger partial charge in [-0.25, -0.2) is 12.8 Å². The minimum atomic E-state index is -4.06. The van der Waals surface area contributed by atoms with Crippen LogP contribution in [-0.2, 0) is 9.05 Å².